The highest BCUT2D eigenvalue weighted by molar-refractivity contribution is 5.81. The maximum Gasteiger partial charge on any atom is 0.239 e. The summed E-state index contributed by atoms with van der Waals surface area (Å²) in [5, 5.41) is 0. The van der Waals surface area contributed by atoms with Crippen LogP contribution in [0.15, 0.2) is 0 Å². The quantitative estimate of drug-likeness (QED) is 0.706. The van der Waals surface area contributed by atoms with Crippen molar-refractivity contribution in [1.29, 1.82) is 0 Å². The lowest BCUT2D eigenvalue weighted by Crippen LogP contribution is -2.47. The van der Waals surface area contributed by atoms with Crippen LogP contribution in [0.25, 0.3) is 0 Å². The molecule has 0 heterocycles. The lowest BCUT2D eigenvalue weighted by atomic mass is 10.1. The first-order chi connectivity index (χ1) is 7.08. The first-order valence-corrected chi connectivity index (χ1v) is 6.14. The van der Waals surface area contributed by atoms with Gasteiger partial charge in [-0.3, -0.25) is 4.79 Å². The number of unbranched alkanes of at least 4 members (excludes halogenated alkanes) is 1. The number of carbonyl (C=O) groups is 1. The number of hydrogen-bond donors (Lipinski definition) is 1. The second kappa shape index (κ2) is 7.69. The van der Waals surface area contributed by atoms with E-state index in [1.807, 2.05) is 11.8 Å². The Hall–Kier alpha value is -0.570. The minimum Gasteiger partial charge on any atom is -0.339 e. The molecule has 0 radical (unpaired) electrons. The van der Waals surface area contributed by atoms with Crippen LogP contribution in [-0.4, -0.2) is 29.4 Å². The maximum atomic E-state index is 12.0. The zero-order valence-electron chi connectivity index (χ0n) is 10.6. The van der Waals surface area contributed by atoms with E-state index in [4.69, 9.17) is 5.73 Å². The Morgan fingerprint density at radius 3 is 2.27 bits per heavy atom. The normalized spacial score (nSPS) is 14.7. The molecule has 15 heavy (non-hydrogen) atoms. The summed E-state index contributed by atoms with van der Waals surface area (Å²) in [5.41, 5.74) is 5.79. The van der Waals surface area contributed by atoms with Gasteiger partial charge in [-0.1, -0.05) is 27.2 Å². The van der Waals surface area contributed by atoms with Gasteiger partial charge in [0.1, 0.15) is 0 Å². The Balaban J connectivity index is 4.39. The first kappa shape index (κ1) is 14.4. The molecule has 0 bridgehead atoms. The van der Waals surface area contributed by atoms with E-state index in [-0.39, 0.29) is 11.9 Å². The molecule has 0 aliphatic rings. The minimum absolute atomic E-state index is 0.111. The zero-order chi connectivity index (χ0) is 11.8. The van der Waals surface area contributed by atoms with Gasteiger partial charge in [0.25, 0.3) is 0 Å². The fourth-order valence-corrected chi connectivity index (χ4v) is 1.48. The molecule has 90 valence electrons. The van der Waals surface area contributed by atoms with Crippen molar-refractivity contribution in [3.05, 3.63) is 0 Å². The molecule has 0 rings (SSSR count). The third kappa shape index (κ3) is 4.65. The predicted octanol–water partition coefficient (Wildman–Crippen LogP) is 2.15. The molecule has 0 aliphatic carbocycles. The van der Waals surface area contributed by atoms with E-state index in [0.717, 1.165) is 32.2 Å². The highest BCUT2D eigenvalue weighted by Gasteiger charge is 2.22. The molecule has 3 heteroatoms. The van der Waals surface area contributed by atoms with Crippen molar-refractivity contribution in [3.63, 3.8) is 0 Å². The number of hydrogen-bond acceptors (Lipinski definition) is 2. The maximum absolute atomic E-state index is 12.0. The Labute approximate surface area is 94.0 Å². The van der Waals surface area contributed by atoms with E-state index in [9.17, 15) is 4.79 Å². The van der Waals surface area contributed by atoms with E-state index >= 15 is 0 Å². The molecule has 0 saturated heterocycles. The van der Waals surface area contributed by atoms with Gasteiger partial charge in [0.2, 0.25) is 5.91 Å². The number of nitrogens with two attached hydrogens (primary N) is 1. The highest BCUT2D eigenvalue weighted by atomic mass is 16.2. The van der Waals surface area contributed by atoms with Crippen LogP contribution < -0.4 is 5.73 Å². The van der Waals surface area contributed by atoms with Crippen molar-refractivity contribution < 1.29 is 4.79 Å². The van der Waals surface area contributed by atoms with Crippen molar-refractivity contribution in [2.75, 3.05) is 6.54 Å². The van der Waals surface area contributed by atoms with Crippen molar-refractivity contribution in [2.45, 2.75) is 65.5 Å². The summed E-state index contributed by atoms with van der Waals surface area (Å²) < 4.78 is 0. The third-order valence-corrected chi connectivity index (χ3v) is 2.92. The number of amides is 1. The van der Waals surface area contributed by atoms with Gasteiger partial charge in [-0.15, -0.1) is 0 Å². The molecule has 0 saturated carbocycles. The van der Waals surface area contributed by atoms with Crippen LogP contribution >= 0.6 is 0 Å². The van der Waals surface area contributed by atoms with Crippen molar-refractivity contribution >= 4 is 5.91 Å². The summed E-state index contributed by atoms with van der Waals surface area (Å²) in [6, 6.07) is -0.0162. The van der Waals surface area contributed by atoms with Gasteiger partial charge < -0.3 is 10.6 Å². The molecular formula is C12H26N2O. The number of carbonyl (C=O) groups excluding carboxylic acids is 1. The summed E-state index contributed by atoms with van der Waals surface area (Å²) in [6.07, 6.45) is 3.89. The molecule has 0 aromatic heterocycles. The van der Waals surface area contributed by atoms with Crippen LogP contribution in [-0.2, 0) is 4.79 Å². The molecule has 0 aromatic rings. The van der Waals surface area contributed by atoms with Crippen LogP contribution in [0.5, 0.6) is 0 Å². The average Bonchev–Trinajstić information content (AvgIpc) is 2.27. The summed E-state index contributed by atoms with van der Waals surface area (Å²) in [4.78, 5) is 13.9. The molecule has 2 atom stereocenters. The fourth-order valence-electron chi connectivity index (χ4n) is 1.48. The molecular weight excluding hydrogens is 188 g/mol. The molecule has 0 spiro atoms. The summed E-state index contributed by atoms with van der Waals surface area (Å²) in [5.74, 6) is 0.111. The molecule has 3 nitrogen and oxygen atoms in total. The number of rotatable bonds is 7. The molecule has 0 aromatic carbocycles. The van der Waals surface area contributed by atoms with Gasteiger partial charge in [-0.25, -0.2) is 0 Å². The molecule has 1 unspecified atom stereocenters. The van der Waals surface area contributed by atoms with Crippen LogP contribution in [0.4, 0.5) is 0 Å². The Morgan fingerprint density at radius 1 is 1.27 bits per heavy atom. The second-order valence-corrected chi connectivity index (χ2v) is 4.16. The first-order valence-electron chi connectivity index (χ1n) is 6.14. The smallest absolute Gasteiger partial charge is 0.239 e. The minimum atomic E-state index is -0.323. The van der Waals surface area contributed by atoms with E-state index < -0.39 is 0 Å². The summed E-state index contributed by atoms with van der Waals surface area (Å²) >= 11 is 0. The van der Waals surface area contributed by atoms with Crippen molar-refractivity contribution in [3.8, 4) is 0 Å². The topological polar surface area (TPSA) is 46.3 Å². The monoisotopic (exact) mass is 214 g/mol. The lowest BCUT2D eigenvalue weighted by molar-refractivity contribution is -0.134. The van der Waals surface area contributed by atoms with Gasteiger partial charge in [0.15, 0.2) is 0 Å². The Bertz CT molecular complexity index is 182. The summed E-state index contributed by atoms with van der Waals surface area (Å²) in [6.45, 7) is 9.14. The standard InChI is InChI=1S/C12H26N2O/c1-5-8-9-14(10(4)6-2)12(15)11(13)7-3/h10-11H,5-9,13H2,1-4H3/t10?,11-/m0/s1. The van der Waals surface area contributed by atoms with Crippen LogP contribution in [0, 0.1) is 0 Å². The van der Waals surface area contributed by atoms with E-state index in [0.29, 0.717) is 6.04 Å². The van der Waals surface area contributed by atoms with E-state index in [1.54, 1.807) is 0 Å². The van der Waals surface area contributed by atoms with Gasteiger partial charge in [0.05, 0.1) is 6.04 Å². The third-order valence-electron chi connectivity index (χ3n) is 2.92. The zero-order valence-corrected chi connectivity index (χ0v) is 10.6. The van der Waals surface area contributed by atoms with Gasteiger partial charge in [-0.05, 0) is 26.2 Å². The van der Waals surface area contributed by atoms with Crippen LogP contribution in [0.2, 0.25) is 0 Å². The molecule has 0 fully saturated rings. The van der Waals surface area contributed by atoms with Gasteiger partial charge in [-0.2, -0.15) is 0 Å². The van der Waals surface area contributed by atoms with E-state index in [2.05, 4.69) is 20.8 Å². The van der Waals surface area contributed by atoms with Crippen LogP contribution in [0.1, 0.15) is 53.4 Å². The molecule has 1 amide bonds. The van der Waals surface area contributed by atoms with Gasteiger partial charge in [0, 0.05) is 12.6 Å². The summed E-state index contributed by atoms with van der Waals surface area (Å²) in [7, 11) is 0. The molecule has 2 N–H and O–H groups in total. The Morgan fingerprint density at radius 2 is 1.87 bits per heavy atom. The second-order valence-electron chi connectivity index (χ2n) is 4.16. The van der Waals surface area contributed by atoms with Gasteiger partial charge >= 0.3 is 0 Å². The highest BCUT2D eigenvalue weighted by Crippen LogP contribution is 2.08. The molecule has 0 aliphatic heterocycles. The van der Waals surface area contributed by atoms with Crippen LogP contribution in [0.3, 0.4) is 0 Å². The SMILES string of the molecule is CCCCN(C(=O)[C@@H](N)CC)C(C)CC. The average molecular weight is 214 g/mol. The van der Waals surface area contributed by atoms with Crippen molar-refractivity contribution in [2.24, 2.45) is 5.73 Å². The predicted molar refractivity (Wildman–Crippen MR) is 64.6 cm³/mol. The Kier molecular flexibility index (Phi) is 7.39. The fraction of sp³-hybridized carbons (Fsp3) is 0.917. The van der Waals surface area contributed by atoms with E-state index in [1.165, 1.54) is 0 Å². The largest absolute Gasteiger partial charge is 0.339 e. The lowest BCUT2D eigenvalue weighted by Gasteiger charge is -2.30. The van der Waals surface area contributed by atoms with Crippen molar-refractivity contribution in [1.82, 2.24) is 4.90 Å². The number of nitrogens with zero attached hydrogens (tertiary/aromatic N) is 1.